The van der Waals surface area contributed by atoms with Crippen LogP contribution in [0.1, 0.15) is 0 Å². The summed E-state index contributed by atoms with van der Waals surface area (Å²) in [4.78, 5) is 13.3. The summed E-state index contributed by atoms with van der Waals surface area (Å²) in [5, 5.41) is 0. The standard InChI is InChI=1S/C9H8BrNO2/c10-7-5-8(9(12)13-6-7)11-3-1-2-4-11/h1-2,5-6H,3-4H2. The van der Waals surface area contributed by atoms with Gasteiger partial charge in [-0.1, -0.05) is 12.2 Å². The molecule has 0 aromatic carbocycles. The Hall–Kier alpha value is -1.03. The fraction of sp³-hybridized carbons (Fsp3) is 0.222. The van der Waals surface area contributed by atoms with Gasteiger partial charge in [0.1, 0.15) is 12.0 Å². The van der Waals surface area contributed by atoms with Crippen molar-refractivity contribution in [2.45, 2.75) is 0 Å². The first kappa shape index (κ1) is 8.56. The highest BCUT2D eigenvalue weighted by molar-refractivity contribution is 9.10. The van der Waals surface area contributed by atoms with Crippen molar-refractivity contribution in [2.75, 3.05) is 18.0 Å². The van der Waals surface area contributed by atoms with Crippen molar-refractivity contribution in [2.24, 2.45) is 0 Å². The number of hydrogen-bond donors (Lipinski definition) is 0. The van der Waals surface area contributed by atoms with Crippen LogP contribution in [0.3, 0.4) is 0 Å². The van der Waals surface area contributed by atoms with Crippen LogP contribution in [0.4, 0.5) is 5.69 Å². The summed E-state index contributed by atoms with van der Waals surface area (Å²) in [5.74, 6) is 0. The molecule has 0 fully saturated rings. The monoisotopic (exact) mass is 241 g/mol. The molecule has 0 saturated carbocycles. The highest BCUT2D eigenvalue weighted by Crippen LogP contribution is 2.17. The van der Waals surface area contributed by atoms with E-state index < -0.39 is 0 Å². The first-order valence-corrected chi connectivity index (χ1v) is 4.75. The molecule has 0 spiro atoms. The van der Waals surface area contributed by atoms with Crippen LogP contribution in [-0.2, 0) is 0 Å². The third kappa shape index (κ3) is 1.67. The molecule has 0 amide bonds. The molecule has 68 valence electrons. The van der Waals surface area contributed by atoms with Gasteiger partial charge in [-0.3, -0.25) is 0 Å². The minimum Gasteiger partial charge on any atom is -0.429 e. The van der Waals surface area contributed by atoms with Crippen LogP contribution in [0.15, 0.2) is 38.2 Å². The molecule has 0 atom stereocenters. The minimum absolute atomic E-state index is 0.285. The maximum atomic E-state index is 11.3. The Morgan fingerprint density at radius 3 is 2.77 bits per heavy atom. The van der Waals surface area contributed by atoms with Crippen LogP contribution in [0.5, 0.6) is 0 Å². The van der Waals surface area contributed by atoms with Gasteiger partial charge < -0.3 is 9.32 Å². The molecule has 1 aliphatic rings. The van der Waals surface area contributed by atoms with E-state index in [-0.39, 0.29) is 5.63 Å². The fourth-order valence-electron chi connectivity index (χ4n) is 1.29. The summed E-state index contributed by atoms with van der Waals surface area (Å²) in [7, 11) is 0. The molecule has 0 saturated heterocycles. The molecule has 2 heterocycles. The quantitative estimate of drug-likeness (QED) is 0.704. The summed E-state index contributed by atoms with van der Waals surface area (Å²) in [6.07, 6.45) is 5.45. The molecule has 1 aromatic heterocycles. The molecule has 1 aromatic rings. The molecule has 13 heavy (non-hydrogen) atoms. The maximum Gasteiger partial charge on any atom is 0.359 e. The van der Waals surface area contributed by atoms with Gasteiger partial charge in [-0.25, -0.2) is 4.79 Å². The van der Waals surface area contributed by atoms with Gasteiger partial charge in [0, 0.05) is 13.1 Å². The lowest BCUT2D eigenvalue weighted by Crippen LogP contribution is -2.24. The Bertz CT molecular complexity index is 389. The Kier molecular flexibility index (Phi) is 2.22. The third-order valence-electron chi connectivity index (χ3n) is 1.92. The second kappa shape index (κ2) is 3.38. The lowest BCUT2D eigenvalue weighted by atomic mass is 10.4. The van der Waals surface area contributed by atoms with Crippen LogP contribution < -0.4 is 10.5 Å². The number of rotatable bonds is 1. The Morgan fingerprint density at radius 2 is 2.08 bits per heavy atom. The molecule has 0 unspecified atom stereocenters. The van der Waals surface area contributed by atoms with Crippen molar-refractivity contribution in [3.63, 3.8) is 0 Å². The van der Waals surface area contributed by atoms with Gasteiger partial charge in [0.25, 0.3) is 0 Å². The van der Waals surface area contributed by atoms with Gasteiger partial charge in [0.15, 0.2) is 0 Å². The zero-order valence-corrected chi connectivity index (χ0v) is 8.45. The second-order valence-electron chi connectivity index (χ2n) is 2.81. The van der Waals surface area contributed by atoms with Gasteiger partial charge in [0.05, 0.1) is 4.47 Å². The molecule has 0 aliphatic carbocycles. The maximum absolute atomic E-state index is 11.3. The van der Waals surface area contributed by atoms with Gasteiger partial charge in [0.2, 0.25) is 0 Å². The summed E-state index contributed by atoms with van der Waals surface area (Å²) in [6.45, 7) is 1.56. The first-order valence-electron chi connectivity index (χ1n) is 3.95. The fourth-order valence-corrected chi connectivity index (χ4v) is 1.60. The summed E-state index contributed by atoms with van der Waals surface area (Å²) in [6, 6.07) is 1.78. The van der Waals surface area contributed by atoms with Crippen LogP contribution in [0, 0.1) is 0 Å². The average Bonchev–Trinajstić information content (AvgIpc) is 2.61. The predicted molar refractivity (Wildman–Crippen MR) is 54.0 cm³/mol. The predicted octanol–water partition coefficient (Wildman–Crippen LogP) is 1.78. The van der Waals surface area contributed by atoms with E-state index in [9.17, 15) is 4.79 Å². The molecular weight excluding hydrogens is 234 g/mol. The van der Waals surface area contributed by atoms with E-state index in [2.05, 4.69) is 15.9 Å². The van der Waals surface area contributed by atoms with E-state index >= 15 is 0 Å². The average molecular weight is 242 g/mol. The zero-order chi connectivity index (χ0) is 9.26. The lowest BCUT2D eigenvalue weighted by molar-refractivity contribution is 0.507. The van der Waals surface area contributed by atoms with E-state index in [1.165, 1.54) is 6.26 Å². The second-order valence-corrected chi connectivity index (χ2v) is 3.73. The summed E-state index contributed by atoms with van der Waals surface area (Å²) >= 11 is 3.26. The van der Waals surface area contributed by atoms with E-state index in [1.807, 2.05) is 17.1 Å². The highest BCUT2D eigenvalue weighted by atomic mass is 79.9. The molecule has 1 aliphatic heterocycles. The highest BCUT2D eigenvalue weighted by Gasteiger charge is 2.12. The molecule has 2 rings (SSSR count). The Labute approximate surface area is 83.8 Å². The van der Waals surface area contributed by atoms with Crippen molar-refractivity contribution < 1.29 is 4.42 Å². The first-order chi connectivity index (χ1) is 6.27. The topological polar surface area (TPSA) is 33.5 Å². The van der Waals surface area contributed by atoms with Crippen molar-refractivity contribution in [1.29, 1.82) is 0 Å². The Morgan fingerprint density at radius 1 is 1.38 bits per heavy atom. The van der Waals surface area contributed by atoms with Gasteiger partial charge >= 0.3 is 5.63 Å². The molecule has 0 bridgehead atoms. The lowest BCUT2D eigenvalue weighted by Gasteiger charge is -2.15. The van der Waals surface area contributed by atoms with E-state index in [4.69, 9.17) is 4.42 Å². The van der Waals surface area contributed by atoms with E-state index in [0.29, 0.717) is 5.69 Å². The number of nitrogens with zero attached hydrogens (tertiary/aromatic N) is 1. The minimum atomic E-state index is -0.285. The van der Waals surface area contributed by atoms with Crippen LogP contribution in [0.25, 0.3) is 0 Å². The Balaban J connectivity index is 2.38. The largest absolute Gasteiger partial charge is 0.429 e. The van der Waals surface area contributed by atoms with Crippen molar-refractivity contribution in [3.05, 3.63) is 39.4 Å². The number of hydrogen-bond acceptors (Lipinski definition) is 3. The van der Waals surface area contributed by atoms with Crippen LogP contribution in [-0.4, -0.2) is 13.1 Å². The molecule has 4 heteroatoms. The molecule has 0 N–H and O–H groups in total. The zero-order valence-electron chi connectivity index (χ0n) is 6.87. The number of halogens is 1. The SMILES string of the molecule is O=c1occ(Br)cc1N1CC=CC1. The van der Waals surface area contributed by atoms with Gasteiger partial charge in [-0.15, -0.1) is 0 Å². The third-order valence-corrected chi connectivity index (χ3v) is 2.34. The van der Waals surface area contributed by atoms with Gasteiger partial charge in [-0.2, -0.15) is 0 Å². The number of anilines is 1. The molecular formula is C9H8BrNO2. The van der Waals surface area contributed by atoms with Crippen molar-refractivity contribution in [3.8, 4) is 0 Å². The molecule has 3 nitrogen and oxygen atoms in total. The van der Waals surface area contributed by atoms with E-state index in [0.717, 1.165) is 17.6 Å². The van der Waals surface area contributed by atoms with Crippen LogP contribution in [0.2, 0.25) is 0 Å². The van der Waals surface area contributed by atoms with Gasteiger partial charge in [-0.05, 0) is 22.0 Å². The summed E-state index contributed by atoms with van der Waals surface area (Å²) in [5.41, 5.74) is 0.325. The summed E-state index contributed by atoms with van der Waals surface area (Å²) < 4.78 is 5.62. The van der Waals surface area contributed by atoms with E-state index in [1.54, 1.807) is 6.07 Å². The van der Waals surface area contributed by atoms with Crippen molar-refractivity contribution in [1.82, 2.24) is 0 Å². The van der Waals surface area contributed by atoms with Crippen molar-refractivity contribution >= 4 is 21.6 Å². The molecule has 0 radical (unpaired) electrons. The smallest absolute Gasteiger partial charge is 0.359 e. The normalized spacial score (nSPS) is 15.3. The van der Waals surface area contributed by atoms with Crippen LogP contribution >= 0.6 is 15.9 Å².